The van der Waals surface area contributed by atoms with Gasteiger partial charge in [-0.15, -0.1) is 6.58 Å². The summed E-state index contributed by atoms with van der Waals surface area (Å²) in [5, 5.41) is 1.09. The minimum Gasteiger partial charge on any atom is -0.293 e. The van der Waals surface area contributed by atoms with Crippen LogP contribution in [0.25, 0.3) is 10.9 Å². The Bertz CT molecular complexity index is 942. The minimum atomic E-state index is -0.304. The van der Waals surface area contributed by atoms with E-state index in [0.29, 0.717) is 0 Å². The lowest BCUT2D eigenvalue weighted by Crippen LogP contribution is -2.22. The highest BCUT2D eigenvalue weighted by Gasteiger charge is 2.30. The average Bonchev–Trinajstić information content (AvgIpc) is 2.73. The van der Waals surface area contributed by atoms with Crippen LogP contribution in [0.4, 0.5) is 0 Å². The van der Waals surface area contributed by atoms with Crippen molar-refractivity contribution in [2.24, 2.45) is 5.92 Å². The van der Waals surface area contributed by atoms with Crippen LogP contribution >= 0.6 is 0 Å². The maximum atomic E-state index is 13.5. The fraction of sp³-hybridized carbons (Fsp3) is 0.308. The summed E-state index contributed by atoms with van der Waals surface area (Å²) >= 11 is 0. The zero-order valence-electron chi connectivity index (χ0n) is 16.9. The zero-order valence-corrected chi connectivity index (χ0v) is 16.9. The molecule has 2 nitrogen and oxygen atoms in total. The number of aromatic nitrogens is 1. The maximum Gasteiger partial charge on any atom is 0.172 e. The lowest BCUT2D eigenvalue weighted by Gasteiger charge is -2.24. The van der Waals surface area contributed by atoms with Gasteiger partial charge in [-0.1, -0.05) is 86.4 Å². The van der Waals surface area contributed by atoms with Crippen molar-refractivity contribution in [3.63, 3.8) is 0 Å². The first-order chi connectivity index (χ1) is 13.6. The topological polar surface area (TPSA) is 30.0 Å². The third-order valence-electron chi connectivity index (χ3n) is 5.43. The lowest BCUT2D eigenvalue weighted by molar-refractivity contribution is 0.0935. The second-order valence-corrected chi connectivity index (χ2v) is 7.53. The van der Waals surface area contributed by atoms with Crippen molar-refractivity contribution >= 4 is 16.7 Å². The van der Waals surface area contributed by atoms with Gasteiger partial charge in [0.25, 0.3) is 0 Å². The number of aryl methyl sites for hydroxylation is 1. The number of hydrogen-bond acceptors (Lipinski definition) is 2. The molecule has 144 valence electrons. The number of carbonyl (C=O) groups is 1. The normalized spacial score (nSPS) is 13.2. The Hall–Kier alpha value is -2.74. The number of pyridine rings is 1. The summed E-state index contributed by atoms with van der Waals surface area (Å²) in [6.45, 7) is 8.29. The van der Waals surface area contributed by atoms with Gasteiger partial charge in [0.1, 0.15) is 0 Å². The van der Waals surface area contributed by atoms with Crippen LogP contribution in [0.2, 0.25) is 0 Å². The van der Waals surface area contributed by atoms with Crippen molar-refractivity contribution in [1.82, 2.24) is 4.98 Å². The van der Waals surface area contributed by atoms with Crippen molar-refractivity contribution in [3.8, 4) is 0 Å². The summed E-state index contributed by atoms with van der Waals surface area (Å²) in [6, 6.07) is 20.0. The van der Waals surface area contributed by atoms with Crippen molar-refractivity contribution in [1.29, 1.82) is 0 Å². The van der Waals surface area contributed by atoms with Gasteiger partial charge in [-0.2, -0.15) is 0 Å². The van der Waals surface area contributed by atoms with Gasteiger partial charge in [0.15, 0.2) is 5.78 Å². The van der Waals surface area contributed by atoms with Crippen molar-refractivity contribution in [2.75, 3.05) is 0 Å². The molecule has 0 radical (unpaired) electrons. The number of allylic oxidation sites excluding steroid dienone is 1. The van der Waals surface area contributed by atoms with Crippen LogP contribution in [-0.2, 0) is 0 Å². The number of para-hydroxylation sites is 1. The fourth-order valence-corrected chi connectivity index (χ4v) is 3.75. The minimum absolute atomic E-state index is 0.0778. The van der Waals surface area contributed by atoms with E-state index in [2.05, 4.69) is 25.6 Å². The molecule has 3 rings (SSSR count). The van der Waals surface area contributed by atoms with E-state index < -0.39 is 0 Å². The van der Waals surface area contributed by atoms with E-state index in [0.717, 1.165) is 47.0 Å². The Labute approximate surface area is 168 Å². The monoisotopic (exact) mass is 371 g/mol. The Morgan fingerprint density at radius 3 is 2.50 bits per heavy atom. The second kappa shape index (κ2) is 9.45. The van der Waals surface area contributed by atoms with Crippen LogP contribution in [0.1, 0.15) is 60.1 Å². The van der Waals surface area contributed by atoms with E-state index >= 15 is 0 Å². The SMILES string of the molecule is C=C[C@H](CCCCC)[C@H](C(=O)c1ccc(C)cc1)c1ccc2ccccc2n1. The molecule has 3 aromatic rings. The molecule has 0 saturated heterocycles. The van der Waals surface area contributed by atoms with E-state index in [1.165, 1.54) is 6.42 Å². The van der Waals surface area contributed by atoms with Crippen LogP contribution in [0.3, 0.4) is 0 Å². The molecule has 0 amide bonds. The smallest absolute Gasteiger partial charge is 0.172 e. The van der Waals surface area contributed by atoms with Gasteiger partial charge in [-0.25, -0.2) is 0 Å². The quantitative estimate of drug-likeness (QED) is 0.233. The van der Waals surface area contributed by atoms with Crippen LogP contribution < -0.4 is 0 Å². The number of rotatable bonds is 9. The molecule has 1 heterocycles. The van der Waals surface area contributed by atoms with Gasteiger partial charge in [0, 0.05) is 10.9 Å². The van der Waals surface area contributed by atoms with Gasteiger partial charge in [0.2, 0.25) is 0 Å². The van der Waals surface area contributed by atoms with Gasteiger partial charge in [-0.3, -0.25) is 9.78 Å². The van der Waals surface area contributed by atoms with E-state index in [1.54, 1.807) is 0 Å². The molecule has 1 aromatic heterocycles. The van der Waals surface area contributed by atoms with Crippen LogP contribution in [0.15, 0.2) is 73.3 Å². The maximum absolute atomic E-state index is 13.5. The molecule has 0 unspecified atom stereocenters. The highest BCUT2D eigenvalue weighted by molar-refractivity contribution is 6.01. The highest BCUT2D eigenvalue weighted by atomic mass is 16.1. The number of unbranched alkanes of at least 4 members (excludes halogenated alkanes) is 2. The molecular formula is C26H29NO. The van der Waals surface area contributed by atoms with E-state index in [-0.39, 0.29) is 17.6 Å². The van der Waals surface area contributed by atoms with Crippen LogP contribution in [0.5, 0.6) is 0 Å². The lowest BCUT2D eigenvalue weighted by atomic mass is 9.80. The first-order valence-electron chi connectivity index (χ1n) is 10.2. The number of hydrogen-bond donors (Lipinski definition) is 0. The molecule has 0 saturated carbocycles. The standard InChI is InChI=1S/C26H29NO/c1-4-6-7-10-20(5-2)25(26(28)22-15-13-19(3)14-16-22)24-18-17-21-11-8-9-12-23(21)27-24/h5,8-9,11-18,20,25H,2,4,6-7,10H2,1,3H3/t20-,25+/m1/s1. The van der Waals surface area contributed by atoms with Gasteiger partial charge in [0.05, 0.1) is 17.1 Å². The number of fused-ring (bicyclic) bond motifs is 1. The first-order valence-corrected chi connectivity index (χ1v) is 10.2. The average molecular weight is 372 g/mol. The van der Waals surface area contributed by atoms with Crippen molar-refractivity contribution < 1.29 is 4.79 Å². The van der Waals surface area contributed by atoms with Crippen molar-refractivity contribution in [3.05, 3.63) is 90.1 Å². The summed E-state index contributed by atoms with van der Waals surface area (Å²) in [6.07, 6.45) is 6.32. The Morgan fingerprint density at radius 1 is 1.04 bits per heavy atom. The molecule has 2 atom stereocenters. The molecule has 0 aliphatic rings. The number of benzene rings is 2. The predicted molar refractivity (Wildman–Crippen MR) is 118 cm³/mol. The van der Waals surface area contributed by atoms with E-state index in [1.807, 2.05) is 61.5 Å². The molecule has 28 heavy (non-hydrogen) atoms. The number of nitrogens with zero attached hydrogens (tertiary/aromatic N) is 1. The van der Waals surface area contributed by atoms with Crippen LogP contribution in [-0.4, -0.2) is 10.8 Å². The number of Topliss-reactive ketones (excluding diaryl/α,β-unsaturated/α-hetero) is 1. The predicted octanol–water partition coefficient (Wildman–Crippen LogP) is 6.89. The highest BCUT2D eigenvalue weighted by Crippen LogP contribution is 2.33. The van der Waals surface area contributed by atoms with Gasteiger partial charge in [-0.05, 0) is 31.4 Å². The molecule has 0 aliphatic carbocycles. The second-order valence-electron chi connectivity index (χ2n) is 7.53. The summed E-state index contributed by atoms with van der Waals surface area (Å²) in [5.41, 5.74) is 3.66. The fourth-order valence-electron chi connectivity index (χ4n) is 3.75. The van der Waals surface area contributed by atoms with Gasteiger partial charge < -0.3 is 0 Å². The van der Waals surface area contributed by atoms with E-state index in [4.69, 9.17) is 4.98 Å². The van der Waals surface area contributed by atoms with Crippen molar-refractivity contribution in [2.45, 2.75) is 45.4 Å². The first kappa shape index (κ1) is 20.0. The summed E-state index contributed by atoms with van der Waals surface area (Å²) in [4.78, 5) is 18.4. The van der Waals surface area contributed by atoms with E-state index in [9.17, 15) is 4.79 Å². The number of ketones is 1. The molecule has 2 heteroatoms. The Kier molecular flexibility index (Phi) is 6.76. The Balaban J connectivity index is 2.02. The molecule has 0 spiro atoms. The summed E-state index contributed by atoms with van der Waals surface area (Å²) < 4.78 is 0. The molecule has 0 aliphatic heterocycles. The van der Waals surface area contributed by atoms with Crippen LogP contribution in [0, 0.1) is 12.8 Å². The molecule has 0 fully saturated rings. The third kappa shape index (κ3) is 4.56. The molecule has 0 N–H and O–H groups in total. The summed E-state index contributed by atoms with van der Waals surface area (Å²) in [5.74, 6) is -0.0973. The number of carbonyl (C=O) groups excluding carboxylic acids is 1. The summed E-state index contributed by atoms with van der Waals surface area (Å²) in [7, 11) is 0. The zero-order chi connectivity index (χ0) is 19.9. The largest absolute Gasteiger partial charge is 0.293 e. The molecule has 2 aromatic carbocycles. The third-order valence-corrected chi connectivity index (χ3v) is 5.43. The Morgan fingerprint density at radius 2 is 1.79 bits per heavy atom. The molecule has 0 bridgehead atoms. The van der Waals surface area contributed by atoms with Gasteiger partial charge >= 0.3 is 0 Å². The molecular weight excluding hydrogens is 342 g/mol.